The van der Waals surface area contributed by atoms with E-state index in [-0.39, 0.29) is 12.1 Å². The minimum absolute atomic E-state index is 0.0404. The molecule has 204 valence electrons. The summed E-state index contributed by atoms with van der Waals surface area (Å²) in [7, 11) is 0. The zero-order valence-electron chi connectivity index (χ0n) is 24.6. The second-order valence-corrected chi connectivity index (χ2v) is 13.0. The molecule has 9 rings (SSSR count). The molecule has 0 unspecified atom stereocenters. The fourth-order valence-electron chi connectivity index (χ4n) is 7.39. The minimum atomic E-state index is 0.0404. The first-order chi connectivity index (χ1) is 21.0. The van der Waals surface area contributed by atoms with E-state index in [4.69, 9.17) is 4.74 Å². The van der Waals surface area contributed by atoms with Crippen LogP contribution in [0.1, 0.15) is 26.3 Å². The largest absolute Gasteiger partial charge is 0.458 e. The highest BCUT2D eigenvalue weighted by Crippen LogP contribution is 2.41. The van der Waals surface area contributed by atoms with Crippen LogP contribution in [0.4, 0.5) is 0 Å². The number of ether oxygens (including phenoxy) is 1. The maximum absolute atomic E-state index is 6.89. The van der Waals surface area contributed by atoms with Crippen molar-refractivity contribution in [1.82, 2.24) is 4.57 Å². The Labute approximate surface area is 252 Å². The van der Waals surface area contributed by atoms with E-state index < -0.39 is 0 Å². The van der Waals surface area contributed by atoms with Crippen molar-refractivity contribution < 1.29 is 4.74 Å². The Bertz CT molecular complexity index is 2250. The van der Waals surface area contributed by atoms with E-state index in [1.165, 1.54) is 66.1 Å². The third-order valence-corrected chi connectivity index (χ3v) is 9.42. The van der Waals surface area contributed by atoms with Gasteiger partial charge in [0.1, 0.15) is 11.5 Å². The molecule has 7 aromatic rings. The summed E-state index contributed by atoms with van der Waals surface area (Å²) in [5, 5.41) is 2.59. The summed E-state index contributed by atoms with van der Waals surface area (Å²) < 4.78 is 9.38. The van der Waals surface area contributed by atoms with E-state index in [0.717, 1.165) is 17.1 Å². The lowest BCUT2D eigenvalue weighted by atomic mass is 9.34. The van der Waals surface area contributed by atoms with Gasteiger partial charge in [-0.2, -0.15) is 0 Å². The number of rotatable bonds is 2. The van der Waals surface area contributed by atoms with Gasteiger partial charge in [0.2, 0.25) is 0 Å². The summed E-state index contributed by atoms with van der Waals surface area (Å²) in [4.78, 5) is 0. The molecular weight excluding hydrogens is 521 g/mol. The zero-order valence-corrected chi connectivity index (χ0v) is 24.6. The Hall–Kier alpha value is -5.02. The molecule has 0 N–H and O–H groups in total. The third-order valence-electron chi connectivity index (χ3n) is 9.42. The van der Waals surface area contributed by atoms with E-state index in [1.54, 1.807) is 0 Å². The third kappa shape index (κ3) is 3.48. The summed E-state index contributed by atoms with van der Waals surface area (Å²) >= 11 is 0. The number of hydrogen-bond donors (Lipinski definition) is 0. The van der Waals surface area contributed by atoms with Crippen LogP contribution in [0.5, 0.6) is 11.5 Å². The van der Waals surface area contributed by atoms with Crippen molar-refractivity contribution in [2.24, 2.45) is 0 Å². The van der Waals surface area contributed by atoms with Gasteiger partial charge in [-0.3, -0.25) is 0 Å². The van der Waals surface area contributed by atoms with Crippen molar-refractivity contribution in [2.75, 3.05) is 0 Å². The molecule has 0 amide bonds. The molecule has 0 saturated heterocycles. The van der Waals surface area contributed by atoms with Crippen LogP contribution >= 0.6 is 0 Å². The quantitative estimate of drug-likeness (QED) is 0.197. The summed E-state index contributed by atoms with van der Waals surface area (Å²) in [5.74, 6) is 1.89. The molecule has 0 spiro atoms. The van der Waals surface area contributed by atoms with Crippen molar-refractivity contribution in [2.45, 2.75) is 26.2 Å². The fourth-order valence-corrected chi connectivity index (χ4v) is 7.39. The average Bonchev–Trinajstić information content (AvgIpc) is 3.38. The molecule has 0 aliphatic carbocycles. The minimum Gasteiger partial charge on any atom is -0.458 e. The van der Waals surface area contributed by atoms with Gasteiger partial charge < -0.3 is 9.30 Å². The Morgan fingerprint density at radius 3 is 2.12 bits per heavy atom. The molecule has 2 aliphatic heterocycles. The Morgan fingerprint density at radius 2 is 1.30 bits per heavy atom. The molecule has 6 aromatic carbocycles. The molecule has 0 radical (unpaired) electrons. The molecule has 0 fully saturated rings. The standard InChI is InChI=1S/C40H30BNO/c1-40(2,3)27-20-21-36-33(24-27)41-32-18-11-17-31-30-16-9-10-19-34(30)42(39(31)32)35-22-26(23-37(43-36)38(35)41)29-15-8-7-14-28(29)25-12-5-4-6-13-25/h4-24H,1-3H3. The van der Waals surface area contributed by atoms with Crippen LogP contribution in [0.2, 0.25) is 0 Å². The molecule has 43 heavy (non-hydrogen) atoms. The average molecular weight is 551 g/mol. The normalized spacial score (nSPS) is 13.1. The second-order valence-electron chi connectivity index (χ2n) is 13.0. The fraction of sp³-hybridized carbons (Fsp3) is 0.100. The molecule has 0 bridgehead atoms. The van der Waals surface area contributed by atoms with Gasteiger partial charge in [-0.15, -0.1) is 0 Å². The van der Waals surface area contributed by atoms with Crippen molar-refractivity contribution in [3.8, 4) is 39.4 Å². The van der Waals surface area contributed by atoms with E-state index in [9.17, 15) is 0 Å². The van der Waals surface area contributed by atoms with Crippen LogP contribution in [0.25, 0.3) is 49.7 Å². The van der Waals surface area contributed by atoms with Gasteiger partial charge in [-0.1, -0.05) is 124 Å². The van der Waals surface area contributed by atoms with Crippen LogP contribution < -0.4 is 21.1 Å². The molecule has 1 aromatic heterocycles. The highest BCUT2D eigenvalue weighted by atomic mass is 16.5. The van der Waals surface area contributed by atoms with E-state index in [0.29, 0.717) is 0 Å². The smallest absolute Gasteiger partial charge is 0.256 e. The maximum atomic E-state index is 6.89. The van der Waals surface area contributed by atoms with E-state index in [1.807, 2.05) is 0 Å². The summed E-state index contributed by atoms with van der Waals surface area (Å²) in [6.07, 6.45) is 0. The number of fused-ring (bicyclic) bond motifs is 7. The molecule has 0 saturated carbocycles. The van der Waals surface area contributed by atoms with Gasteiger partial charge in [0, 0.05) is 22.0 Å². The number of aromatic nitrogens is 1. The zero-order chi connectivity index (χ0) is 28.9. The van der Waals surface area contributed by atoms with Crippen molar-refractivity contribution in [3.63, 3.8) is 0 Å². The maximum Gasteiger partial charge on any atom is 0.256 e. The first kappa shape index (κ1) is 24.6. The van der Waals surface area contributed by atoms with Crippen LogP contribution in [-0.2, 0) is 5.41 Å². The molecule has 0 atom stereocenters. The lowest BCUT2D eigenvalue weighted by molar-refractivity contribution is 0.486. The SMILES string of the molecule is CC(C)(C)c1ccc2c(c1)B1c3c(cc(-c4ccccc4-c4ccccc4)cc3-n3c4ccccc4c4cccc1c43)O2. The predicted molar refractivity (Wildman–Crippen MR) is 182 cm³/mol. The molecule has 2 aliphatic rings. The molecule has 3 heterocycles. The monoisotopic (exact) mass is 551 g/mol. The molecule has 2 nitrogen and oxygen atoms in total. The summed E-state index contributed by atoms with van der Waals surface area (Å²) in [5.41, 5.74) is 13.7. The van der Waals surface area contributed by atoms with Gasteiger partial charge in [-0.05, 0) is 73.9 Å². The predicted octanol–water partition coefficient (Wildman–Crippen LogP) is 8.35. The Kier molecular flexibility index (Phi) is 5.00. The van der Waals surface area contributed by atoms with Gasteiger partial charge in [0.05, 0.1) is 5.52 Å². The topological polar surface area (TPSA) is 14.2 Å². The highest BCUT2D eigenvalue weighted by molar-refractivity contribution is 6.99. The lowest BCUT2D eigenvalue weighted by Crippen LogP contribution is -2.58. The van der Waals surface area contributed by atoms with Crippen LogP contribution in [0, 0.1) is 0 Å². The van der Waals surface area contributed by atoms with Gasteiger partial charge >= 0.3 is 0 Å². The van der Waals surface area contributed by atoms with Crippen molar-refractivity contribution in [3.05, 3.63) is 133 Å². The van der Waals surface area contributed by atoms with E-state index >= 15 is 0 Å². The summed E-state index contributed by atoms with van der Waals surface area (Å²) in [6, 6.07) is 46.5. The van der Waals surface area contributed by atoms with Crippen molar-refractivity contribution >= 4 is 44.9 Å². The highest BCUT2D eigenvalue weighted by Gasteiger charge is 2.41. The first-order valence-electron chi connectivity index (χ1n) is 15.1. The van der Waals surface area contributed by atoms with Gasteiger partial charge in [0.15, 0.2) is 0 Å². The van der Waals surface area contributed by atoms with Crippen LogP contribution in [-0.4, -0.2) is 11.3 Å². The van der Waals surface area contributed by atoms with Crippen molar-refractivity contribution in [1.29, 1.82) is 0 Å². The number of nitrogens with zero attached hydrogens (tertiary/aromatic N) is 1. The number of hydrogen-bond acceptors (Lipinski definition) is 1. The van der Waals surface area contributed by atoms with E-state index in [2.05, 4.69) is 153 Å². The van der Waals surface area contributed by atoms with Crippen LogP contribution in [0.15, 0.2) is 127 Å². The number of benzene rings is 6. The molecular formula is C40H30BNO. The van der Waals surface area contributed by atoms with Gasteiger partial charge in [0.25, 0.3) is 6.71 Å². The Morgan fingerprint density at radius 1 is 0.581 bits per heavy atom. The van der Waals surface area contributed by atoms with Gasteiger partial charge in [-0.25, -0.2) is 0 Å². The Balaban J connectivity index is 1.40. The van der Waals surface area contributed by atoms with Crippen LogP contribution in [0.3, 0.4) is 0 Å². The second kappa shape index (κ2) is 8.75. The number of para-hydroxylation sites is 2. The lowest BCUT2D eigenvalue weighted by Gasteiger charge is -2.34. The molecule has 3 heteroatoms. The summed E-state index contributed by atoms with van der Waals surface area (Å²) in [6.45, 7) is 6.95. The first-order valence-corrected chi connectivity index (χ1v) is 15.1.